The molecular formula is C15H18N2O4. The van der Waals surface area contributed by atoms with Crippen LogP contribution in [0.5, 0.6) is 0 Å². The molecule has 3 rings (SSSR count). The highest BCUT2D eigenvalue weighted by atomic mass is 16.5. The third-order valence-corrected chi connectivity index (χ3v) is 4.15. The quantitative estimate of drug-likeness (QED) is 0.774. The molecule has 1 saturated heterocycles. The minimum absolute atomic E-state index is 0.00220. The van der Waals surface area contributed by atoms with Crippen LogP contribution < -0.4 is 5.32 Å². The van der Waals surface area contributed by atoms with Crippen molar-refractivity contribution in [2.75, 3.05) is 26.2 Å². The zero-order valence-corrected chi connectivity index (χ0v) is 11.9. The number of nitrogens with one attached hydrogen (secondary N) is 1. The summed E-state index contributed by atoms with van der Waals surface area (Å²) >= 11 is 0. The number of amides is 1. The molecule has 6 heteroatoms. The van der Waals surface area contributed by atoms with Crippen LogP contribution in [0.1, 0.15) is 33.2 Å². The molecule has 0 radical (unpaired) electrons. The van der Waals surface area contributed by atoms with Gasteiger partial charge in [-0.1, -0.05) is 6.07 Å². The highest BCUT2D eigenvalue weighted by molar-refractivity contribution is 5.94. The molecule has 1 amide bonds. The molecule has 1 unspecified atom stereocenters. The molecular weight excluding hydrogens is 272 g/mol. The van der Waals surface area contributed by atoms with Crippen molar-refractivity contribution in [2.24, 2.45) is 0 Å². The fraction of sp³-hybridized carbons (Fsp3) is 0.467. The average molecular weight is 290 g/mol. The van der Waals surface area contributed by atoms with Crippen LogP contribution in [0.3, 0.4) is 0 Å². The number of hydrogen-bond donors (Lipinski definition) is 2. The summed E-state index contributed by atoms with van der Waals surface area (Å²) in [4.78, 5) is 24.9. The van der Waals surface area contributed by atoms with Gasteiger partial charge in [0.05, 0.1) is 24.8 Å². The monoisotopic (exact) mass is 290 g/mol. The zero-order valence-electron chi connectivity index (χ0n) is 11.9. The van der Waals surface area contributed by atoms with E-state index in [0.29, 0.717) is 18.7 Å². The standard InChI is InChI=1S/C15H18N2O4/c1-9-10(2-3-11-12(9)8-21-15(11)20)13(18)7-17-5-4-16-6-14(17)19/h2-3,13,16,18H,4-8H2,1H3. The van der Waals surface area contributed by atoms with Crippen molar-refractivity contribution in [3.63, 3.8) is 0 Å². The van der Waals surface area contributed by atoms with E-state index in [-0.39, 0.29) is 25.0 Å². The Morgan fingerprint density at radius 3 is 3.00 bits per heavy atom. The molecule has 2 N–H and O–H groups in total. The fourth-order valence-electron chi connectivity index (χ4n) is 2.87. The van der Waals surface area contributed by atoms with Gasteiger partial charge in [-0.05, 0) is 24.1 Å². The lowest BCUT2D eigenvalue weighted by molar-refractivity contribution is -0.133. The van der Waals surface area contributed by atoms with E-state index in [2.05, 4.69) is 5.32 Å². The molecule has 1 aromatic rings. The third-order valence-electron chi connectivity index (χ3n) is 4.15. The predicted octanol–water partition coefficient (Wildman–Crippen LogP) is 0.131. The van der Waals surface area contributed by atoms with Crippen LogP contribution in [0.15, 0.2) is 12.1 Å². The first-order chi connectivity index (χ1) is 10.1. The number of rotatable bonds is 3. The number of carbonyl (C=O) groups is 2. The van der Waals surface area contributed by atoms with E-state index in [4.69, 9.17) is 4.74 Å². The van der Waals surface area contributed by atoms with Gasteiger partial charge in [0.1, 0.15) is 6.61 Å². The zero-order chi connectivity index (χ0) is 15.0. The Morgan fingerprint density at radius 1 is 1.43 bits per heavy atom. The number of benzene rings is 1. The summed E-state index contributed by atoms with van der Waals surface area (Å²) in [5.41, 5.74) is 3.02. The molecule has 1 atom stereocenters. The van der Waals surface area contributed by atoms with Gasteiger partial charge in [-0.25, -0.2) is 4.79 Å². The summed E-state index contributed by atoms with van der Waals surface area (Å²) in [6, 6.07) is 3.44. The molecule has 2 aliphatic heterocycles. The highest BCUT2D eigenvalue weighted by Gasteiger charge is 2.27. The Balaban J connectivity index is 1.80. The number of β-amino-alcohol motifs (C(OH)–C–C–N with tert-alkyl or cyclic N) is 1. The maximum Gasteiger partial charge on any atom is 0.338 e. The van der Waals surface area contributed by atoms with Gasteiger partial charge in [-0.3, -0.25) is 4.79 Å². The number of esters is 1. The maximum absolute atomic E-state index is 11.8. The molecule has 112 valence electrons. The van der Waals surface area contributed by atoms with Crippen molar-refractivity contribution >= 4 is 11.9 Å². The summed E-state index contributed by atoms with van der Waals surface area (Å²) in [6.45, 7) is 4.06. The molecule has 2 aliphatic rings. The highest BCUT2D eigenvalue weighted by Crippen LogP contribution is 2.29. The van der Waals surface area contributed by atoms with Crippen LogP contribution in [0.4, 0.5) is 0 Å². The van der Waals surface area contributed by atoms with E-state index in [1.807, 2.05) is 6.92 Å². The van der Waals surface area contributed by atoms with E-state index >= 15 is 0 Å². The number of ether oxygens (including phenoxy) is 1. The Morgan fingerprint density at radius 2 is 2.24 bits per heavy atom. The number of aliphatic hydroxyl groups excluding tert-OH is 1. The lowest BCUT2D eigenvalue weighted by atomic mass is 9.95. The Kier molecular flexibility index (Phi) is 3.65. The van der Waals surface area contributed by atoms with Gasteiger partial charge in [-0.15, -0.1) is 0 Å². The molecule has 21 heavy (non-hydrogen) atoms. The molecule has 1 fully saturated rings. The number of nitrogens with zero attached hydrogens (tertiary/aromatic N) is 1. The second-order valence-electron chi connectivity index (χ2n) is 5.41. The van der Waals surface area contributed by atoms with Crippen molar-refractivity contribution in [2.45, 2.75) is 19.6 Å². The molecule has 0 aromatic heterocycles. The van der Waals surface area contributed by atoms with Gasteiger partial charge >= 0.3 is 5.97 Å². The van der Waals surface area contributed by atoms with Gasteiger partial charge in [-0.2, -0.15) is 0 Å². The van der Waals surface area contributed by atoms with Gasteiger partial charge in [0.15, 0.2) is 0 Å². The minimum Gasteiger partial charge on any atom is -0.457 e. The second-order valence-corrected chi connectivity index (χ2v) is 5.41. The molecule has 0 aliphatic carbocycles. The smallest absolute Gasteiger partial charge is 0.338 e. The van der Waals surface area contributed by atoms with Crippen LogP contribution in [0.25, 0.3) is 0 Å². The van der Waals surface area contributed by atoms with E-state index < -0.39 is 6.10 Å². The Labute approximate surface area is 122 Å². The number of fused-ring (bicyclic) bond motifs is 1. The lowest BCUT2D eigenvalue weighted by Crippen LogP contribution is -2.49. The molecule has 1 aromatic carbocycles. The van der Waals surface area contributed by atoms with Crippen molar-refractivity contribution in [3.8, 4) is 0 Å². The fourth-order valence-corrected chi connectivity index (χ4v) is 2.87. The van der Waals surface area contributed by atoms with E-state index in [1.165, 1.54) is 0 Å². The topological polar surface area (TPSA) is 78.9 Å². The normalized spacial score (nSPS) is 19.4. The summed E-state index contributed by atoms with van der Waals surface area (Å²) in [7, 11) is 0. The Hall–Kier alpha value is -1.92. The summed E-state index contributed by atoms with van der Waals surface area (Å²) < 4.78 is 5.01. The van der Waals surface area contributed by atoms with Crippen molar-refractivity contribution in [3.05, 3.63) is 34.4 Å². The number of aliphatic hydroxyl groups is 1. The second kappa shape index (κ2) is 5.46. The maximum atomic E-state index is 11.8. The summed E-state index contributed by atoms with van der Waals surface area (Å²) in [5.74, 6) is -0.316. The predicted molar refractivity (Wildman–Crippen MR) is 74.7 cm³/mol. The first-order valence-corrected chi connectivity index (χ1v) is 7.04. The van der Waals surface area contributed by atoms with Crippen LogP contribution in [0.2, 0.25) is 0 Å². The van der Waals surface area contributed by atoms with Crippen molar-refractivity contribution in [1.82, 2.24) is 10.2 Å². The van der Waals surface area contributed by atoms with Crippen LogP contribution in [0, 0.1) is 6.92 Å². The van der Waals surface area contributed by atoms with E-state index in [0.717, 1.165) is 23.2 Å². The molecule has 0 bridgehead atoms. The lowest BCUT2D eigenvalue weighted by Gasteiger charge is -2.30. The number of hydrogen-bond acceptors (Lipinski definition) is 5. The SMILES string of the molecule is Cc1c(C(O)CN2CCNCC2=O)ccc2c1COC2=O. The first-order valence-electron chi connectivity index (χ1n) is 7.04. The molecule has 6 nitrogen and oxygen atoms in total. The van der Waals surface area contributed by atoms with Crippen molar-refractivity contribution in [1.29, 1.82) is 0 Å². The van der Waals surface area contributed by atoms with Gasteiger partial charge in [0.25, 0.3) is 0 Å². The van der Waals surface area contributed by atoms with E-state index in [9.17, 15) is 14.7 Å². The first kappa shape index (κ1) is 14.0. The number of cyclic esters (lactones) is 1. The van der Waals surface area contributed by atoms with Gasteiger partial charge < -0.3 is 20.1 Å². The van der Waals surface area contributed by atoms with Crippen LogP contribution in [-0.4, -0.2) is 48.1 Å². The number of piperazine rings is 1. The molecule has 2 heterocycles. The number of carbonyl (C=O) groups excluding carboxylic acids is 2. The minimum atomic E-state index is -0.756. The third kappa shape index (κ3) is 2.52. The van der Waals surface area contributed by atoms with Crippen LogP contribution >= 0.6 is 0 Å². The summed E-state index contributed by atoms with van der Waals surface area (Å²) in [5, 5.41) is 13.4. The largest absolute Gasteiger partial charge is 0.457 e. The van der Waals surface area contributed by atoms with Crippen LogP contribution in [-0.2, 0) is 16.1 Å². The Bertz CT molecular complexity index is 600. The van der Waals surface area contributed by atoms with Crippen molar-refractivity contribution < 1.29 is 19.4 Å². The van der Waals surface area contributed by atoms with Gasteiger partial charge in [0.2, 0.25) is 5.91 Å². The molecule has 0 saturated carbocycles. The summed E-state index contributed by atoms with van der Waals surface area (Å²) in [6.07, 6.45) is -0.756. The average Bonchev–Trinajstić information content (AvgIpc) is 2.84. The van der Waals surface area contributed by atoms with E-state index in [1.54, 1.807) is 17.0 Å². The molecule has 0 spiro atoms. The van der Waals surface area contributed by atoms with Gasteiger partial charge in [0, 0.05) is 18.7 Å².